The zero-order valence-corrected chi connectivity index (χ0v) is 16.7. The Balaban J connectivity index is 1.56. The van der Waals surface area contributed by atoms with Gasteiger partial charge in [-0.25, -0.2) is 9.78 Å². The molecule has 2 heterocycles. The molecule has 0 aliphatic heterocycles. The van der Waals surface area contributed by atoms with E-state index in [4.69, 9.17) is 0 Å². The van der Waals surface area contributed by atoms with Crippen molar-refractivity contribution in [2.75, 3.05) is 5.32 Å². The Bertz CT molecular complexity index is 1030. The molecule has 1 aliphatic rings. The smallest absolute Gasteiger partial charge is 0.337 e. The molecule has 0 bridgehead atoms. The number of para-hydroxylation sites is 1. The Morgan fingerprint density at radius 3 is 2.59 bits per heavy atom. The van der Waals surface area contributed by atoms with Gasteiger partial charge in [0.1, 0.15) is 5.82 Å². The van der Waals surface area contributed by atoms with E-state index in [0.717, 1.165) is 31.2 Å². The molecule has 0 atom stereocenters. The zero-order chi connectivity index (χ0) is 20.6. The lowest BCUT2D eigenvalue weighted by Crippen LogP contribution is -2.37. The van der Waals surface area contributed by atoms with Crippen molar-refractivity contribution in [3.63, 3.8) is 0 Å². The summed E-state index contributed by atoms with van der Waals surface area (Å²) in [6, 6.07) is 9.43. The number of hydrogen-bond donors (Lipinski definition) is 3. The summed E-state index contributed by atoms with van der Waals surface area (Å²) in [6.07, 6.45) is 7.13. The monoisotopic (exact) mass is 394 g/mol. The Labute approximate surface area is 169 Å². The van der Waals surface area contributed by atoms with Gasteiger partial charge >= 0.3 is 5.97 Å². The van der Waals surface area contributed by atoms with Crippen molar-refractivity contribution in [1.29, 1.82) is 0 Å². The van der Waals surface area contributed by atoms with Crippen molar-refractivity contribution >= 4 is 22.8 Å². The van der Waals surface area contributed by atoms with Gasteiger partial charge in [0.25, 0.3) is 0 Å². The number of anilines is 1. The van der Waals surface area contributed by atoms with E-state index in [9.17, 15) is 15.0 Å². The van der Waals surface area contributed by atoms with E-state index in [2.05, 4.69) is 15.3 Å². The number of aromatic nitrogens is 3. The minimum Gasteiger partial charge on any atom is -0.478 e. The molecule has 7 heteroatoms. The quantitative estimate of drug-likeness (QED) is 0.608. The number of nitrogens with zero attached hydrogens (tertiary/aromatic N) is 3. The van der Waals surface area contributed by atoms with Crippen molar-refractivity contribution in [3.05, 3.63) is 48.3 Å². The highest BCUT2D eigenvalue weighted by Gasteiger charge is 2.31. The first-order chi connectivity index (χ1) is 13.8. The highest BCUT2D eigenvalue weighted by molar-refractivity contribution is 6.03. The van der Waals surface area contributed by atoms with Crippen molar-refractivity contribution in [3.8, 4) is 5.82 Å². The van der Waals surface area contributed by atoms with Gasteiger partial charge in [-0.05, 0) is 57.6 Å². The molecule has 152 valence electrons. The van der Waals surface area contributed by atoms with Gasteiger partial charge in [-0.15, -0.1) is 0 Å². The third-order valence-electron chi connectivity index (χ3n) is 5.89. The number of hydrogen-bond acceptors (Lipinski definition) is 5. The van der Waals surface area contributed by atoms with Gasteiger partial charge in [-0.2, -0.15) is 4.98 Å². The topological polar surface area (TPSA) is 100 Å². The van der Waals surface area contributed by atoms with Crippen LogP contribution in [0.25, 0.3) is 16.7 Å². The maximum absolute atomic E-state index is 11.6. The first-order valence-corrected chi connectivity index (χ1v) is 9.98. The van der Waals surface area contributed by atoms with E-state index in [-0.39, 0.29) is 11.6 Å². The summed E-state index contributed by atoms with van der Waals surface area (Å²) >= 11 is 0. The Morgan fingerprint density at radius 1 is 1.17 bits per heavy atom. The summed E-state index contributed by atoms with van der Waals surface area (Å²) in [5, 5.41) is 23.8. The number of carboxylic acid groups (broad SMARTS) is 1. The van der Waals surface area contributed by atoms with Gasteiger partial charge in [-0.1, -0.05) is 18.2 Å². The number of benzene rings is 1. The van der Waals surface area contributed by atoms with Crippen LogP contribution in [0.3, 0.4) is 0 Å². The summed E-state index contributed by atoms with van der Waals surface area (Å²) in [7, 11) is 0. The lowest BCUT2D eigenvalue weighted by atomic mass is 9.77. The van der Waals surface area contributed by atoms with Gasteiger partial charge in [0.15, 0.2) is 0 Å². The summed E-state index contributed by atoms with van der Waals surface area (Å²) in [4.78, 5) is 20.6. The van der Waals surface area contributed by atoms with Gasteiger partial charge in [0, 0.05) is 23.8 Å². The number of aromatic carboxylic acids is 1. The molecule has 4 rings (SSSR count). The van der Waals surface area contributed by atoms with Crippen LogP contribution in [0.15, 0.2) is 42.7 Å². The maximum Gasteiger partial charge on any atom is 0.337 e. The number of fused-ring (bicyclic) bond motifs is 1. The molecule has 0 unspecified atom stereocenters. The van der Waals surface area contributed by atoms with E-state index in [1.165, 1.54) is 0 Å². The number of nitrogens with one attached hydrogen (secondary N) is 1. The molecule has 3 aromatic rings. The predicted octanol–water partition coefficient (Wildman–Crippen LogP) is 3.86. The molecule has 0 spiro atoms. The van der Waals surface area contributed by atoms with Gasteiger partial charge in [-0.3, -0.25) is 0 Å². The Hall–Kier alpha value is -2.93. The molecule has 1 aromatic carbocycles. The molecule has 0 saturated heterocycles. The molecular weight excluding hydrogens is 368 g/mol. The number of carbonyl (C=O) groups is 1. The number of carboxylic acids is 1. The second-order valence-electron chi connectivity index (χ2n) is 8.32. The molecule has 3 N–H and O–H groups in total. The molecule has 7 nitrogen and oxygen atoms in total. The minimum atomic E-state index is -0.962. The molecule has 1 aliphatic carbocycles. The van der Waals surface area contributed by atoms with Gasteiger partial charge in [0.2, 0.25) is 5.95 Å². The molecule has 1 fully saturated rings. The zero-order valence-electron chi connectivity index (χ0n) is 16.7. The molecule has 0 amide bonds. The SMILES string of the molecule is CC(C)(O)C1CCC(Nc2nccc(-n3cc(C(=O)O)c4ccccc43)n2)CC1. The van der Waals surface area contributed by atoms with E-state index < -0.39 is 11.6 Å². The molecule has 29 heavy (non-hydrogen) atoms. The summed E-state index contributed by atoms with van der Waals surface area (Å²) in [5.41, 5.74) is 0.400. The third-order valence-corrected chi connectivity index (χ3v) is 5.89. The predicted molar refractivity (Wildman–Crippen MR) is 111 cm³/mol. The average molecular weight is 394 g/mol. The van der Waals surface area contributed by atoms with E-state index in [0.29, 0.717) is 23.1 Å². The van der Waals surface area contributed by atoms with Gasteiger partial charge in [0.05, 0.1) is 16.7 Å². The second-order valence-corrected chi connectivity index (χ2v) is 8.32. The third kappa shape index (κ3) is 3.96. The molecule has 0 radical (unpaired) electrons. The second kappa shape index (κ2) is 7.48. The Kier molecular flexibility index (Phi) is 5.00. The number of rotatable bonds is 5. The summed E-state index contributed by atoms with van der Waals surface area (Å²) < 4.78 is 1.79. The van der Waals surface area contributed by atoms with Crippen molar-refractivity contribution < 1.29 is 15.0 Å². The van der Waals surface area contributed by atoms with Crippen LogP contribution in [0.1, 0.15) is 49.9 Å². The van der Waals surface area contributed by atoms with Crippen LogP contribution in [0.4, 0.5) is 5.95 Å². The molecule has 1 saturated carbocycles. The van der Waals surface area contributed by atoms with Crippen LogP contribution in [-0.4, -0.2) is 42.4 Å². The lowest BCUT2D eigenvalue weighted by molar-refractivity contribution is -0.000420. The fourth-order valence-corrected chi connectivity index (χ4v) is 4.22. The largest absolute Gasteiger partial charge is 0.478 e. The van der Waals surface area contributed by atoms with Crippen LogP contribution < -0.4 is 5.32 Å². The highest BCUT2D eigenvalue weighted by atomic mass is 16.4. The van der Waals surface area contributed by atoms with E-state index in [1.807, 2.05) is 32.0 Å². The minimum absolute atomic E-state index is 0.249. The van der Waals surface area contributed by atoms with Crippen LogP contribution >= 0.6 is 0 Å². The average Bonchev–Trinajstić information content (AvgIpc) is 3.08. The van der Waals surface area contributed by atoms with Gasteiger partial charge < -0.3 is 20.1 Å². The number of aliphatic hydroxyl groups is 1. The first-order valence-electron chi connectivity index (χ1n) is 9.98. The van der Waals surface area contributed by atoms with Crippen LogP contribution in [0.2, 0.25) is 0 Å². The molecular formula is C22H26N4O3. The van der Waals surface area contributed by atoms with Crippen molar-refractivity contribution in [2.45, 2.75) is 51.2 Å². The first kappa shape index (κ1) is 19.4. The normalized spacial score (nSPS) is 20.0. The molecule has 2 aromatic heterocycles. The summed E-state index contributed by atoms with van der Waals surface area (Å²) in [5.74, 6) is 0.504. The fourth-order valence-electron chi connectivity index (χ4n) is 4.22. The van der Waals surface area contributed by atoms with Crippen LogP contribution in [0, 0.1) is 5.92 Å². The lowest BCUT2D eigenvalue weighted by Gasteiger charge is -2.36. The maximum atomic E-state index is 11.6. The standard InChI is InChI=1S/C22H26N4O3/c1-22(2,29)14-7-9-15(10-8-14)24-21-23-12-11-19(25-21)26-13-17(20(27)28)16-5-3-4-6-18(16)26/h3-6,11-15,29H,7-10H2,1-2H3,(H,27,28)(H,23,24,25). The Morgan fingerprint density at radius 2 is 1.90 bits per heavy atom. The van der Waals surface area contributed by atoms with Crippen molar-refractivity contribution in [2.24, 2.45) is 5.92 Å². The van der Waals surface area contributed by atoms with Crippen LogP contribution in [-0.2, 0) is 0 Å². The highest BCUT2D eigenvalue weighted by Crippen LogP contribution is 2.33. The van der Waals surface area contributed by atoms with E-state index in [1.54, 1.807) is 29.1 Å². The summed E-state index contributed by atoms with van der Waals surface area (Å²) in [6.45, 7) is 3.76. The van der Waals surface area contributed by atoms with Crippen molar-refractivity contribution in [1.82, 2.24) is 14.5 Å². The van der Waals surface area contributed by atoms with Crippen LogP contribution in [0.5, 0.6) is 0 Å². The fraction of sp³-hybridized carbons (Fsp3) is 0.409. The van der Waals surface area contributed by atoms with E-state index >= 15 is 0 Å².